The van der Waals surface area contributed by atoms with Gasteiger partial charge in [0, 0.05) is 11.6 Å². The van der Waals surface area contributed by atoms with Gasteiger partial charge in [-0.3, -0.25) is 4.79 Å². The van der Waals surface area contributed by atoms with Crippen molar-refractivity contribution in [1.82, 2.24) is 0 Å². The lowest BCUT2D eigenvalue weighted by Crippen LogP contribution is -2.14. The molecule has 0 heterocycles. The highest BCUT2D eigenvalue weighted by Crippen LogP contribution is 2.38. The van der Waals surface area contributed by atoms with Crippen molar-refractivity contribution in [3.05, 3.63) is 29.8 Å². The number of anilines is 1. The lowest BCUT2D eigenvalue weighted by atomic mass is 10.1. The summed E-state index contributed by atoms with van der Waals surface area (Å²) in [6, 6.07) is 8.06. The maximum absolute atomic E-state index is 11.7. The zero-order valence-electron chi connectivity index (χ0n) is 9.29. The molecule has 0 aromatic heterocycles. The van der Waals surface area contributed by atoms with Crippen molar-refractivity contribution in [2.24, 2.45) is 11.8 Å². The van der Waals surface area contributed by atoms with Crippen LogP contribution in [0.5, 0.6) is 0 Å². The molecule has 2 atom stereocenters. The summed E-state index contributed by atoms with van der Waals surface area (Å²) in [6.45, 7) is 4.23. The second-order valence-corrected chi connectivity index (χ2v) is 4.36. The van der Waals surface area contributed by atoms with Crippen molar-refractivity contribution >= 4 is 11.6 Å². The van der Waals surface area contributed by atoms with Gasteiger partial charge in [0.25, 0.3) is 0 Å². The van der Waals surface area contributed by atoms with Crippen molar-refractivity contribution in [2.75, 3.05) is 5.32 Å². The summed E-state index contributed by atoms with van der Waals surface area (Å²) in [6.07, 6.45) is 2.04. The quantitative estimate of drug-likeness (QED) is 0.804. The Hall–Kier alpha value is -1.31. The van der Waals surface area contributed by atoms with Crippen LogP contribution in [0, 0.1) is 11.8 Å². The number of benzene rings is 1. The summed E-state index contributed by atoms with van der Waals surface area (Å²) in [5, 5.41) is 2.97. The summed E-state index contributed by atoms with van der Waals surface area (Å²) in [7, 11) is 0. The fraction of sp³-hybridized carbons (Fsp3) is 0.462. The molecule has 15 heavy (non-hydrogen) atoms. The molecule has 1 aromatic carbocycles. The highest BCUT2D eigenvalue weighted by Gasteiger charge is 2.38. The van der Waals surface area contributed by atoms with E-state index in [1.54, 1.807) is 0 Å². The number of hydrogen-bond donors (Lipinski definition) is 1. The van der Waals surface area contributed by atoms with E-state index in [0.29, 0.717) is 5.92 Å². The van der Waals surface area contributed by atoms with Gasteiger partial charge in [0.05, 0.1) is 0 Å². The zero-order valence-corrected chi connectivity index (χ0v) is 9.29. The molecule has 80 valence electrons. The molecular formula is C13H17NO. The summed E-state index contributed by atoms with van der Waals surface area (Å²) in [4.78, 5) is 11.7. The molecule has 0 radical (unpaired) electrons. The molecule has 1 aliphatic carbocycles. The van der Waals surface area contributed by atoms with Gasteiger partial charge in [-0.15, -0.1) is 0 Å². The van der Waals surface area contributed by atoms with Gasteiger partial charge < -0.3 is 5.32 Å². The van der Waals surface area contributed by atoms with Crippen LogP contribution in [0.4, 0.5) is 5.69 Å². The second-order valence-electron chi connectivity index (χ2n) is 4.36. The minimum atomic E-state index is 0.177. The lowest BCUT2D eigenvalue weighted by Gasteiger charge is -2.05. The number of hydrogen-bond acceptors (Lipinski definition) is 1. The van der Waals surface area contributed by atoms with Crippen LogP contribution in [0.2, 0.25) is 0 Å². The maximum Gasteiger partial charge on any atom is 0.227 e. The average Bonchev–Trinajstić information content (AvgIpc) is 2.96. The Bertz CT molecular complexity index is 373. The largest absolute Gasteiger partial charge is 0.326 e. The van der Waals surface area contributed by atoms with Crippen molar-refractivity contribution in [2.45, 2.75) is 26.7 Å². The molecule has 1 aliphatic rings. The Morgan fingerprint density at radius 1 is 1.53 bits per heavy atom. The van der Waals surface area contributed by atoms with Gasteiger partial charge in [0.2, 0.25) is 5.91 Å². The van der Waals surface area contributed by atoms with Crippen LogP contribution in [-0.4, -0.2) is 5.91 Å². The molecule has 1 N–H and O–H groups in total. The molecule has 2 heteroatoms. The highest BCUT2D eigenvalue weighted by atomic mass is 16.2. The number of amides is 1. The summed E-state index contributed by atoms with van der Waals surface area (Å²) < 4.78 is 0. The molecule has 0 aliphatic heterocycles. The van der Waals surface area contributed by atoms with E-state index >= 15 is 0 Å². The Morgan fingerprint density at radius 2 is 2.27 bits per heavy atom. The van der Waals surface area contributed by atoms with Crippen LogP contribution in [-0.2, 0) is 11.2 Å². The summed E-state index contributed by atoms with van der Waals surface area (Å²) in [5.74, 6) is 0.991. The number of aryl methyl sites for hydroxylation is 1. The number of carbonyl (C=O) groups is 1. The van der Waals surface area contributed by atoms with Crippen molar-refractivity contribution in [1.29, 1.82) is 0 Å². The van der Waals surface area contributed by atoms with Gasteiger partial charge in [0.15, 0.2) is 0 Å². The number of nitrogens with one attached hydrogen (secondary N) is 1. The standard InChI is InChI=1S/C13H17NO/c1-3-10-5-4-6-11(8-10)14-13(15)12-7-9(12)2/h4-6,8-9,12H,3,7H2,1-2H3,(H,14,15). The SMILES string of the molecule is CCc1cccc(NC(=O)C2CC2C)c1. The van der Waals surface area contributed by atoms with E-state index in [-0.39, 0.29) is 11.8 Å². The number of rotatable bonds is 3. The molecule has 2 unspecified atom stereocenters. The smallest absolute Gasteiger partial charge is 0.227 e. The first-order valence-corrected chi connectivity index (χ1v) is 5.60. The molecule has 1 saturated carbocycles. The normalized spacial score (nSPS) is 23.6. The maximum atomic E-state index is 11.7. The van der Waals surface area contributed by atoms with E-state index in [4.69, 9.17) is 0 Å². The predicted molar refractivity (Wildman–Crippen MR) is 61.7 cm³/mol. The monoisotopic (exact) mass is 203 g/mol. The van der Waals surface area contributed by atoms with Crippen LogP contribution in [0.3, 0.4) is 0 Å². The van der Waals surface area contributed by atoms with E-state index in [1.165, 1.54) is 5.56 Å². The first kappa shape index (κ1) is 10.2. The molecule has 0 bridgehead atoms. The molecule has 0 saturated heterocycles. The minimum absolute atomic E-state index is 0.177. The van der Waals surface area contributed by atoms with E-state index in [0.717, 1.165) is 18.5 Å². The van der Waals surface area contributed by atoms with Crippen LogP contribution >= 0.6 is 0 Å². The highest BCUT2D eigenvalue weighted by molar-refractivity contribution is 5.94. The number of carbonyl (C=O) groups excluding carboxylic acids is 1. The molecule has 1 fully saturated rings. The minimum Gasteiger partial charge on any atom is -0.326 e. The van der Waals surface area contributed by atoms with E-state index < -0.39 is 0 Å². The third kappa shape index (κ3) is 2.38. The van der Waals surface area contributed by atoms with Gasteiger partial charge in [-0.05, 0) is 36.5 Å². The molecule has 0 spiro atoms. The van der Waals surface area contributed by atoms with Gasteiger partial charge >= 0.3 is 0 Å². The van der Waals surface area contributed by atoms with Gasteiger partial charge in [0.1, 0.15) is 0 Å². The molecule has 2 nitrogen and oxygen atoms in total. The Morgan fingerprint density at radius 3 is 2.87 bits per heavy atom. The summed E-state index contributed by atoms with van der Waals surface area (Å²) >= 11 is 0. The molecular weight excluding hydrogens is 186 g/mol. The third-order valence-electron chi connectivity index (χ3n) is 3.05. The molecule has 2 rings (SSSR count). The van der Waals surface area contributed by atoms with Crippen LogP contribution in [0.15, 0.2) is 24.3 Å². The van der Waals surface area contributed by atoms with Crippen LogP contribution in [0.1, 0.15) is 25.8 Å². The van der Waals surface area contributed by atoms with E-state index in [1.807, 2.05) is 18.2 Å². The summed E-state index contributed by atoms with van der Waals surface area (Å²) in [5.41, 5.74) is 2.19. The van der Waals surface area contributed by atoms with Crippen molar-refractivity contribution < 1.29 is 4.79 Å². The first-order chi connectivity index (χ1) is 7.20. The topological polar surface area (TPSA) is 29.1 Å². The average molecular weight is 203 g/mol. The van der Waals surface area contributed by atoms with Gasteiger partial charge in [-0.2, -0.15) is 0 Å². The van der Waals surface area contributed by atoms with E-state index in [9.17, 15) is 4.79 Å². The first-order valence-electron chi connectivity index (χ1n) is 5.60. The van der Waals surface area contributed by atoms with Crippen LogP contribution in [0.25, 0.3) is 0 Å². The fourth-order valence-corrected chi connectivity index (χ4v) is 1.79. The van der Waals surface area contributed by atoms with E-state index in [2.05, 4.69) is 25.2 Å². The molecule has 1 aromatic rings. The van der Waals surface area contributed by atoms with Gasteiger partial charge in [-0.1, -0.05) is 26.0 Å². The Balaban J connectivity index is 2.00. The Kier molecular flexibility index (Phi) is 2.76. The molecule has 1 amide bonds. The predicted octanol–water partition coefficient (Wildman–Crippen LogP) is 2.84. The fourth-order valence-electron chi connectivity index (χ4n) is 1.79. The van der Waals surface area contributed by atoms with Crippen molar-refractivity contribution in [3.63, 3.8) is 0 Å². The Labute approximate surface area is 90.7 Å². The third-order valence-corrected chi connectivity index (χ3v) is 3.05. The van der Waals surface area contributed by atoms with Crippen LogP contribution < -0.4 is 5.32 Å². The second kappa shape index (κ2) is 4.05. The van der Waals surface area contributed by atoms with Gasteiger partial charge in [-0.25, -0.2) is 0 Å². The zero-order chi connectivity index (χ0) is 10.8. The van der Waals surface area contributed by atoms with Crippen molar-refractivity contribution in [3.8, 4) is 0 Å². The lowest BCUT2D eigenvalue weighted by molar-refractivity contribution is -0.117.